The van der Waals surface area contributed by atoms with E-state index in [1.165, 1.54) is 4.57 Å². The molecule has 0 unspecified atom stereocenters. The first-order chi connectivity index (χ1) is 12.6. The van der Waals surface area contributed by atoms with Gasteiger partial charge in [0, 0.05) is 43.0 Å². The van der Waals surface area contributed by atoms with E-state index in [0.717, 1.165) is 41.4 Å². The zero-order valence-electron chi connectivity index (χ0n) is 14.3. The molecule has 3 aromatic rings. The lowest BCUT2D eigenvalue weighted by molar-refractivity contribution is 0.391. The second-order valence-corrected chi connectivity index (χ2v) is 7.36. The minimum atomic E-state index is -0.492. The zero-order valence-corrected chi connectivity index (χ0v) is 15.9. The van der Waals surface area contributed by atoms with Gasteiger partial charge in [0.1, 0.15) is 0 Å². The second-order valence-electron chi connectivity index (χ2n) is 6.44. The zero-order chi connectivity index (χ0) is 18.3. The summed E-state index contributed by atoms with van der Waals surface area (Å²) in [5.74, 6) is 0.704. The summed E-state index contributed by atoms with van der Waals surface area (Å²) in [4.78, 5) is 35.8. The summed E-state index contributed by atoms with van der Waals surface area (Å²) in [6, 6.07) is 7.42. The predicted molar refractivity (Wildman–Crippen MR) is 104 cm³/mol. The maximum atomic E-state index is 12.7. The van der Waals surface area contributed by atoms with E-state index in [4.69, 9.17) is 0 Å². The number of aromatic nitrogens is 4. The molecule has 8 heteroatoms. The van der Waals surface area contributed by atoms with Gasteiger partial charge in [-0.3, -0.25) is 14.2 Å². The van der Waals surface area contributed by atoms with Crippen molar-refractivity contribution in [3.63, 3.8) is 0 Å². The number of rotatable bonds is 2. The molecule has 1 aliphatic rings. The van der Waals surface area contributed by atoms with Gasteiger partial charge in [0.05, 0.1) is 11.0 Å². The Morgan fingerprint density at radius 3 is 2.42 bits per heavy atom. The molecule has 4 rings (SSSR count). The summed E-state index contributed by atoms with van der Waals surface area (Å²) in [6.07, 6.45) is 4.97. The van der Waals surface area contributed by atoms with Gasteiger partial charge in [-0.15, -0.1) is 0 Å². The topological polar surface area (TPSA) is 73.0 Å². The summed E-state index contributed by atoms with van der Waals surface area (Å²) >= 11 is 3.47. The van der Waals surface area contributed by atoms with Crippen molar-refractivity contribution >= 4 is 32.9 Å². The molecule has 0 atom stereocenters. The predicted octanol–water partition coefficient (Wildman–Crippen LogP) is 2.09. The van der Waals surface area contributed by atoms with Crippen LogP contribution in [-0.4, -0.2) is 32.2 Å². The second kappa shape index (κ2) is 6.68. The highest BCUT2D eigenvalue weighted by Gasteiger charge is 2.25. The minimum Gasteiger partial charge on any atom is -0.341 e. The maximum absolute atomic E-state index is 12.7. The summed E-state index contributed by atoms with van der Waals surface area (Å²) < 4.78 is 3.98. The molecular formula is C18H18BrN5O2. The average Bonchev–Trinajstić information content (AvgIpc) is 2.67. The van der Waals surface area contributed by atoms with Crippen LogP contribution < -0.4 is 16.0 Å². The molecule has 0 amide bonds. The van der Waals surface area contributed by atoms with E-state index in [1.807, 2.05) is 18.2 Å². The molecule has 134 valence electrons. The first-order valence-corrected chi connectivity index (χ1v) is 9.28. The Kier molecular flexibility index (Phi) is 4.36. The summed E-state index contributed by atoms with van der Waals surface area (Å²) in [6.45, 7) is 1.48. The lowest BCUT2D eigenvalue weighted by Crippen LogP contribution is -2.45. The Balaban J connectivity index is 1.73. The monoisotopic (exact) mass is 415 g/mol. The molecule has 1 aromatic carbocycles. The number of hydrogen-bond donors (Lipinski definition) is 0. The van der Waals surface area contributed by atoms with Crippen molar-refractivity contribution in [2.24, 2.45) is 7.05 Å². The van der Waals surface area contributed by atoms with E-state index in [2.05, 4.69) is 30.8 Å². The number of aryl methyl sites for hydroxylation is 1. The van der Waals surface area contributed by atoms with Crippen molar-refractivity contribution in [1.29, 1.82) is 0 Å². The molecule has 2 aromatic heterocycles. The largest absolute Gasteiger partial charge is 0.341 e. The van der Waals surface area contributed by atoms with Crippen LogP contribution in [0.25, 0.3) is 11.0 Å². The first kappa shape index (κ1) is 17.0. The van der Waals surface area contributed by atoms with Crippen LogP contribution in [0.1, 0.15) is 18.9 Å². The fourth-order valence-electron chi connectivity index (χ4n) is 3.58. The van der Waals surface area contributed by atoms with Crippen molar-refractivity contribution in [1.82, 2.24) is 19.1 Å². The SMILES string of the molecule is Cn1c(=O)c(=O)n(C2CCN(c3ncccn3)CC2)c2cc(Br)ccc21. The number of nitrogens with zero attached hydrogens (tertiary/aromatic N) is 5. The van der Waals surface area contributed by atoms with Crippen molar-refractivity contribution in [2.75, 3.05) is 18.0 Å². The van der Waals surface area contributed by atoms with E-state index in [9.17, 15) is 9.59 Å². The third-order valence-electron chi connectivity index (χ3n) is 4.93. The van der Waals surface area contributed by atoms with Crippen LogP contribution in [0.5, 0.6) is 0 Å². The molecule has 26 heavy (non-hydrogen) atoms. The van der Waals surface area contributed by atoms with Crippen LogP contribution in [0.15, 0.2) is 50.7 Å². The maximum Gasteiger partial charge on any atom is 0.317 e. The lowest BCUT2D eigenvalue weighted by Gasteiger charge is -2.33. The summed E-state index contributed by atoms with van der Waals surface area (Å²) in [5, 5.41) is 0. The Labute approximate surface area is 158 Å². The highest BCUT2D eigenvalue weighted by atomic mass is 79.9. The Morgan fingerprint density at radius 2 is 1.73 bits per heavy atom. The average molecular weight is 416 g/mol. The molecule has 0 N–H and O–H groups in total. The van der Waals surface area contributed by atoms with Crippen LogP contribution in [0.2, 0.25) is 0 Å². The number of halogens is 1. The van der Waals surface area contributed by atoms with Crippen molar-refractivity contribution in [2.45, 2.75) is 18.9 Å². The highest BCUT2D eigenvalue weighted by molar-refractivity contribution is 9.10. The van der Waals surface area contributed by atoms with Gasteiger partial charge in [-0.25, -0.2) is 9.97 Å². The van der Waals surface area contributed by atoms with E-state index in [0.29, 0.717) is 5.95 Å². The van der Waals surface area contributed by atoms with Gasteiger partial charge in [0.15, 0.2) is 0 Å². The highest BCUT2D eigenvalue weighted by Crippen LogP contribution is 2.27. The molecule has 0 radical (unpaired) electrons. The smallest absolute Gasteiger partial charge is 0.317 e. The molecule has 0 spiro atoms. The number of anilines is 1. The Hall–Kier alpha value is -2.48. The fourth-order valence-corrected chi connectivity index (χ4v) is 3.93. The van der Waals surface area contributed by atoms with E-state index in [1.54, 1.807) is 30.1 Å². The van der Waals surface area contributed by atoms with E-state index < -0.39 is 11.1 Å². The van der Waals surface area contributed by atoms with E-state index in [-0.39, 0.29) is 6.04 Å². The van der Waals surface area contributed by atoms with Crippen LogP contribution in [-0.2, 0) is 7.05 Å². The van der Waals surface area contributed by atoms with Crippen LogP contribution >= 0.6 is 15.9 Å². The van der Waals surface area contributed by atoms with Crippen molar-refractivity contribution in [3.8, 4) is 0 Å². The van der Waals surface area contributed by atoms with Gasteiger partial charge < -0.3 is 9.47 Å². The molecule has 1 saturated heterocycles. The van der Waals surface area contributed by atoms with Gasteiger partial charge >= 0.3 is 11.1 Å². The molecule has 3 heterocycles. The first-order valence-electron chi connectivity index (χ1n) is 8.49. The lowest BCUT2D eigenvalue weighted by atomic mass is 10.0. The minimum absolute atomic E-state index is 0.0202. The van der Waals surface area contributed by atoms with Gasteiger partial charge in [-0.2, -0.15) is 0 Å². The fraction of sp³-hybridized carbons (Fsp3) is 0.333. The summed E-state index contributed by atoms with van der Waals surface area (Å²) in [7, 11) is 1.64. The van der Waals surface area contributed by atoms with Crippen LogP contribution in [0.4, 0.5) is 5.95 Å². The molecule has 0 aliphatic carbocycles. The van der Waals surface area contributed by atoms with Crippen LogP contribution in [0, 0.1) is 0 Å². The van der Waals surface area contributed by atoms with Gasteiger partial charge in [0.2, 0.25) is 5.95 Å². The number of fused-ring (bicyclic) bond motifs is 1. The van der Waals surface area contributed by atoms with Gasteiger partial charge in [0.25, 0.3) is 0 Å². The third-order valence-corrected chi connectivity index (χ3v) is 5.42. The molecule has 1 fully saturated rings. The Morgan fingerprint density at radius 1 is 1.04 bits per heavy atom. The molecule has 0 bridgehead atoms. The Bertz CT molecular complexity index is 1070. The standard InChI is InChI=1S/C18H18BrN5O2/c1-22-14-4-3-12(19)11-15(14)24(17(26)16(22)25)13-5-9-23(10-6-13)18-20-7-2-8-21-18/h2-4,7-8,11,13H,5-6,9-10H2,1H3. The number of hydrogen-bond acceptors (Lipinski definition) is 5. The molecular weight excluding hydrogens is 398 g/mol. The van der Waals surface area contributed by atoms with Gasteiger partial charge in [-0.05, 0) is 37.1 Å². The van der Waals surface area contributed by atoms with E-state index >= 15 is 0 Å². The summed E-state index contributed by atoms with van der Waals surface area (Å²) in [5.41, 5.74) is 0.577. The van der Waals surface area contributed by atoms with Crippen molar-refractivity contribution < 1.29 is 0 Å². The van der Waals surface area contributed by atoms with Gasteiger partial charge in [-0.1, -0.05) is 15.9 Å². The molecule has 0 saturated carbocycles. The molecule has 7 nitrogen and oxygen atoms in total. The quantitative estimate of drug-likeness (QED) is 0.599. The third kappa shape index (κ3) is 2.84. The molecule has 1 aliphatic heterocycles. The number of piperidine rings is 1. The normalized spacial score (nSPS) is 15.5. The van der Waals surface area contributed by atoms with Crippen LogP contribution in [0.3, 0.4) is 0 Å². The van der Waals surface area contributed by atoms with Crippen molar-refractivity contribution in [3.05, 3.63) is 61.8 Å². The number of benzene rings is 1.